The predicted molar refractivity (Wildman–Crippen MR) is 64.8 cm³/mol. The lowest BCUT2D eigenvalue weighted by molar-refractivity contribution is -0.153. The molecule has 0 radical (unpaired) electrons. The lowest BCUT2D eigenvalue weighted by atomic mass is 9.69. The molecule has 1 fully saturated rings. The lowest BCUT2D eigenvalue weighted by Crippen LogP contribution is -2.50. The molecule has 1 aliphatic rings. The van der Waals surface area contributed by atoms with Gasteiger partial charge in [-0.2, -0.15) is 0 Å². The highest BCUT2D eigenvalue weighted by atomic mass is 16.4. The number of carboxylic acid groups (broad SMARTS) is 1. The van der Waals surface area contributed by atoms with E-state index in [1.807, 2.05) is 6.92 Å². The fraction of sp³-hybridized carbons (Fsp3) is 0.833. The van der Waals surface area contributed by atoms with E-state index >= 15 is 0 Å². The molecule has 0 aromatic heterocycles. The zero-order valence-electron chi connectivity index (χ0n) is 10.6. The Morgan fingerprint density at radius 1 is 1.41 bits per heavy atom. The molecule has 0 aromatic carbocycles. The maximum atomic E-state index is 11.5. The van der Waals surface area contributed by atoms with Gasteiger partial charge in [-0.15, -0.1) is 0 Å². The van der Waals surface area contributed by atoms with Crippen LogP contribution in [0.4, 0.5) is 4.79 Å². The average molecular weight is 242 g/mol. The minimum atomic E-state index is -0.800. The summed E-state index contributed by atoms with van der Waals surface area (Å²) in [4.78, 5) is 22.6. The van der Waals surface area contributed by atoms with Crippen LogP contribution in [0.3, 0.4) is 0 Å². The number of carbonyl (C=O) groups excluding carboxylic acids is 1. The molecule has 0 spiro atoms. The van der Waals surface area contributed by atoms with Crippen LogP contribution in [-0.2, 0) is 4.79 Å². The van der Waals surface area contributed by atoms with E-state index in [9.17, 15) is 9.59 Å². The van der Waals surface area contributed by atoms with Crippen molar-refractivity contribution in [2.24, 2.45) is 5.41 Å². The van der Waals surface area contributed by atoms with Crippen molar-refractivity contribution >= 4 is 12.0 Å². The van der Waals surface area contributed by atoms with Gasteiger partial charge in [-0.1, -0.05) is 19.8 Å². The number of carbonyl (C=O) groups is 2. The number of hydrogen-bond acceptors (Lipinski definition) is 2. The van der Waals surface area contributed by atoms with E-state index in [1.54, 1.807) is 0 Å². The maximum absolute atomic E-state index is 11.5. The first-order valence-electron chi connectivity index (χ1n) is 6.28. The number of amides is 2. The first-order chi connectivity index (χ1) is 8.00. The van der Waals surface area contributed by atoms with E-state index < -0.39 is 11.4 Å². The van der Waals surface area contributed by atoms with Gasteiger partial charge < -0.3 is 15.7 Å². The molecule has 3 N–H and O–H groups in total. The molecule has 2 amide bonds. The summed E-state index contributed by atoms with van der Waals surface area (Å²) < 4.78 is 0. The van der Waals surface area contributed by atoms with Gasteiger partial charge in [-0.25, -0.2) is 4.79 Å². The average Bonchev–Trinajstić information content (AvgIpc) is 2.15. The van der Waals surface area contributed by atoms with Gasteiger partial charge >= 0.3 is 12.0 Å². The fourth-order valence-electron chi connectivity index (χ4n) is 2.10. The lowest BCUT2D eigenvalue weighted by Gasteiger charge is -2.37. The first-order valence-corrected chi connectivity index (χ1v) is 6.28. The number of nitrogens with one attached hydrogen (secondary N) is 2. The molecule has 1 saturated carbocycles. The molecule has 0 saturated heterocycles. The Labute approximate surface area is 102 Å². The van der Waals surface area contributed by atoms with E-state index in [-0.39, 0.29) is 18.6 Å². The molecule has 1 rings (SSSR count). The molecule has 0 heterocycles. The predicted octanol–water partition coefficient (Wildman–Crippen LogP) is 1.73. The summed E-state index contributed by atoms with van der Waals surface area (Å²) in [6, 6.07) is -0.138. The van der Waals surface area contributed by atoms with Gasteiger partial charge in [0.1, 0.15) is 0 Å². The van der Waals surface area contributed by atoms with Gasteiger partial charge in [0, 0.05) is 12.6 Å². The van der Waals surface area contributed by atoms with Crippen LogP contribution in [0.15, 0.2) is 0 Å². The normalized spacial score (nSPS) is 18.9. The van der Waals surface area contributed by atoms with E-state index in [1.165, 1.54) is 0 Å². The summed E-state index contributed by atoms with van der Waals surface area (Å²) in [6.45, 7) is 4.23. The van der Waals surface area contributed by atoms with Crippen LogP contribution in [0.5, 0.6) is 0 Å². The Bertz CT molecular complexity index is 287. The van der Waals surface area contributed by atoms with Crippen molar-refractivity contribution in [2.75, 3.05) is 6.54 Å². The second-order valence-corrected chi connectivity index (χ2v) is 4.96. The van der Waals surface area contributed by atoms with E-state index in [4.69, 9.17) is 5.11 Å². The Balaban J connectivity index is 2.30. The zero-order valence-corrected chi connectivity index (χ0v) is 10.6. The smallest absolute Gasteiger partial charge is 0.315 e. The number of aliphatic carboxylic acids is 1. The monoisotopic (exact) mass is 242 g/mol. The number of rotatable bonds is 6. The van der Waals surface area contributed by atoms with Gasteiger partial charge in [0.25, 0.3) is 0 Å². The molecule has 5 heteroatoms. The minimum Gasteiger partial charge on any atom is -0.481 e. The van der Waals surface area contributed by atoms with Crippen molar-refractivity contribution < 1.29 is 14.7 Å². The summed E-state index contributed by atoms with van der Waals surface area (Å²) in [5.41, 5.74) is -0.717. The largest absolute Gasteiger partial charge is 0.481 e. The van der Waals surface area contributed by atoms with Crippen LogP contribution in [-0.4, -0.2) is 29.7 Å². The SMILES string of the molecule is CCCC(C)NC(=O)NCC1(C(=O)O)CCC1. The van der Waals surface area contributed by atoms with Crippen molar-refractivity contribution in [1.82, 2.24) is 10.6 Å². The molecule has 1 unspecified atom stereocenters. The summed E-state index contributed by atoms with van der Waals surface area (Å²) in [5.74, 6) is -0.800. The van der Waals surface area contributed by atoms with Gasteiger partial charge in [0.15, 0.2) is 0 Å². The second kappa shape index (κ2) is 5.89. The van der Waals surface area contributed by atoms with Crippen molar-refractivity contribution in [3.05, 3.63) is 0 Å². The Kier molecular flexibility index (Phi) is 4.78. The van der Waals surface area contributed by atoms with Gasteiger partial charge in [0.05, 0.1) is 5.41 Å². The molecule has 17 heavy (non-hydrogen) atoms. The molecule has 0 aromatic rings. The quantitative estimate of drug-likeness (QED) is 0.663. The molecule has 98 valence electrons. The Hall–Kier alpha value is -1.26. The standard InChI is InChI=1S/C12H22N2O3/c1-3-5-9(2)14-11(17)13-8-12(10(15)16)6-4-7-12/h9H,3-8H2,1-2H3,(H,15,16)(H2,13,14,17). The van der Waals surface area contributed by atoms with Crippen LogP contribution in [0.2, 0.25) is 0 Å². The Morgan fingerprint density at radius 3 is 2.47 bits per heavy atom. The van der Waals surface area contributed by atoms with Gasteiger partial charge in [0.2, 0.25) is 0 Å². The van der Waals surface area contributed by atoms with Crippen molar-refractivity contribution in [3.63, 3.8) is 0 Å². The van der Waals surface area contributed by atoms with Crippen molar-refractivity contribution in [2.45, 2.75) is 52.0 Å². The summed E-state index contributed by atoms with van der Waals surface area (Å²) in [5, 5.41) is 14.6. The number of urea groups is 1. The fourth-order valence-corrected chi connectivity index (χ4v) is 2.10. The van der Waals surface area contributed by atoms with E-state index in [0.717, 1.165) is 19.3 Å². The third kappa shape index (κ3) is 3.61. The number of carboxylic acids is 1. The third-order valence-corrected chi connectivity index (χ3v) is 3.45. The second-order valence-electron chi connectivity index (χ2n) is 4.96. The topological polar surface area (TPSA) is 78.4 Å². The molecular weight excluding hydrogens is 220 g/mol. The maximum Gasteiger partial charge on any atom is 0.315 e. The Morgan fingerprint density at radius 2 is 2.06 bits per heavy atom. The zero-order chi connectivity index (χ0) is 12.9. The van der Waals surface area contributed by atoms with Crippen molar-refractivity contribution in [3.8, 4) is 0 Å². The van der Waals surface area contributed by atoms with E-state index in [2.05, 4.69) is 17.6 Å². The summed E-state index contributed by atoms with van der Waals surface area (Å²) >= 11 is 0. The highest BCUT2D eigenvalue weighted by Crippen LogP contribution is 2.40. The van der Waals surface area contributed by atoms with E-state index in [0.29, 0.717) is 12.8 Å². The van der Waals surface area contributed by atoms with Crippen LogP contribution < -0.4 is 10.6 Å². The molecule has 1 aliphatic carbocycles. The minimum absolute atomic E-state index is 0.127. The molecule has 0 aliphatic heterocycles. The summed E-state index contributed by atoms with van der Waals surface area (Å²) in [6.07, 6.45) is 4.19. The molecule has 5 nitrogen and oxygen atoms in total. The van der Waals surface area contributed by atoms with Gasteiger partial charge in [-0.3, -0.25) is 4.79 Å². The van der Waals surface area contributed by atoms with Crippen LogP contribution in [0.1, 0.15) is 46.0 Å². The van der Waals surface area contributed by atoms with Crippen LogP contribution in [0, 0.1) is 5.41 Å². The van der Waals surface area contributed by atoms with Gasteiger partial charge in [-0.05, 0) is 26.2 Å². The third-order valence-electron chi connectivity index (χ3n) is 3.45. The molecule has 0 bridgehead atoms. The highest BCUT2D eigenvalue weighted by molar-refractivity contribution is 5.78. The van der Waals surface area contributed by atoms with Crippen LogP contribution in [0.25, 0.3) is 0 Å². The molecular formula is C12H22N2O3. The van der Waals surface area contributed by atoms with Crippen molar-refractivity contribution in [1.29, 1.82) is 0 Å². The molecule has 1 atom stereocenters. The highest BCUT2D eigenvalue weighted by Gasteiger charge is 2.44. The first kappa shape index (κ1) is 13.8. The van der Waals surface area contributed by atoms with Crippen LogP contribution >= 0.6 is 0 Å². The number of hydrogen-bond donors (Lipinski definition) is 3. The summed E-state index contributed by atoms with van der Waals surface area (Å²) in [7, 11) is 0.